The first kappa shape index (κ1) is 16.7. The van der Waals surface area contributed by atoms with Crippen LogP contribution in [0.15, 0.2) is 48.5 Å². The Morgan fingerprint density at radius 1 is 1.14 bits per heavy atom. The molecule has 0 aliphatic rings. The van der Waals surface area contributed by atoms with E-state index in [1.807, 2.05) is 24.3 Å². The third kappa shape index (κ3) is 4.34. The number of anilines is 1. The van der Waals surface area contributed by atoms with Crippen LogP contribution in [0.3, 0.4) is 0 Å². The molecule has 7 heteroatoms. The van der Waals surface area contributed by atoms with Crippen molar-refractivity contribution in [1.82, 2.24) is 0 Å². The van der Waals surface area contributed by atoms with Gasteiger partial charge in [0.1, 0.15) is 5.75 Å². The predicted molar refractivity (Wildman–Crippen MR) is 83.7 cm³/mol. The number of nitro benzene ring substituents is 1. The number of benzene rings is 2. The van der Waals surface area contributed by atoms with Gasteiger partial charge >= 0.3 is 0 Å². The first-order chi connectivity index (χ1) is 9.60. The van der Waals surface area contributed by atoms with Gasteiger partial charge in [0.2, 0.25) is 0 Å². The second-order valence-electron chi connectivity index (χ2n) is 4.25. The van der Waals surface area contributed by atoms with Crippen LogP contribution in [-0.4, -0.2) is 12.0 Å². The summed E-state index contributed by atoms with van der Waals surface area (Å²) in [6, 6.07) is 13.7. The zero-order chi connectivity index (χ0) is 14.5. The van der Waals surface area contributed by atoms with E-state index in [0.717, 1.165) is 17.0 Å². The van der Waals surface area contributed by atoms with Gasteiger partial charge < -0.3 is 9.75 Å². The molecule has 21 heavy (non-hydrogen) atoms. The van der Waals surface area contributed by atoms with Crippen LogP contribution in [0, 0.1) is 10.1 Å². The minimum atomic E-state index is -0.423. The average molecular weight is 310 g/mol. The summed E-state index contributed by atoms with van der Waals surface area (Å²) in [5.41, 5.74) is 1.81. The van der Waals surface area contributed by atoms with Gasteiger partial charge in [-0.15, -0.1) is 12.4 Å². The van der Waals surface area contributed by atoms with Crippen molar-refractivity contribution in [3.05, 3.63) is 64.2 Å². The van der Waals surface area contributed by atoms with Gasteiger partial charge in [-0.1, -0.05) is 12.1 Å². The van der Waals surface area contributed by atoms with Crippen LogP contribution >= 0.6 is 12.4 Å². The summed E-state index contributed by atoms with van der Waals surface area (Å²) in [7, 11) is 1.60. The molecule has 2 N–H and O–H groups in total. The lowest BCUT2D eigenvalue weighted by Crippen LogP contribution is -2.29. The van der Waals surface area contributed by atoms with Crippen molar-refractivity contribution in [2.75, 3.05) is 12.1 Å². The monoisotopic (exact) mass is 309 g/mol. The number of nitrogens with two attached hydrogens (primary N) is 1. The summed E-state index contributed by atoms with van der Waals surface area (Å²) in [5.74, 6) is 6.74. The Morgan fingerprint density at radius 2 is 1.71 bits per heavy atom. The van der Waals surface area contributed by atoms with E-state index in [2.05, 4.69) is 0 Å². The molecule has 0 bridgehead atoms. The van der Waals surface area contributed by atoms with Crippen LogP contribution in [0.5, 0.6) is 5.75 Å². The number of halogens is 1. The van der Waals surface area contributed by atoms with E-state index in [0.29, 0.717) is 6.54 Å². The minimum Gasteiger partial charge on any atom is -0.497 e. The number of methoxy groups -OCH3 is 1. The topological polar surface area (TPSA) is 81.6 Å². The lowest BCUT2D eigenvalue weighted by atomic mass is 10.2. The maximum absolute atomic E-state index is 10.6. The van der Waals surface area contributed by atoms with Crippen LogP contribution in [0.4, 0.5) is 11.4 Å². The molecule has 2 aromatic rings. The fourth-order valence-corrected chi connectivity index (χ4v) is 1.78. The molecule has 0 heterocycles. The Morgan fingerprint density at radius 3 is 2.19 bits per heavy atom. The molecular weight excluding hydrogens is 294 g/mol. The molecule has 0 saturated heterocycles. The van der Waals surface area contributed by atoms with Gasteiger partial charge in [0.15, 0.2) is 0 Å². The summed E-state index contributed by atoms with van der Waals surface area (Å²) < 4.78 is 5.08. The van der Waals surface area contributed by atoms with E-state index in [1.165, 1.54) is 12.1 Å². The normalized spacial score (nSPS) is 9.62. The quantitative estimate of drug-likeness (QED) is 0.522. The SMILES string of the molecule is COc1ccc(N(N)Cc2ccc([N+](=O)[O-])cc2)cc1.Cl. The third-order valence-electron chi connectivity index (χ3n) is 2.90. The highest BCUT2D eigenvalue weighted by Crippen LogP contribution is 2.19. The van der Waals surface area contributed by atoms with Gasteiger partial charge in [-0.05, 0) is 29.8 Å². The van der Waals surface area contributed by atoms with E-state index in [9.17, 15) is 10.1 Å². The predicted octanol–water partition coefficient (Wildman–Crippen LogP) is 2.91. The van der Waals surface area contributed by atoms with Crippen LogP contribution in [0.25, 0.3) is 0 Å². The van der Waals surface area contributed by atoms with E-state index in [-0.39, 0.29) is 18.1 Å². The van der Waals surface area contributed by atoms with Crippen molar-refractivity contribution in [3.8, 4) is 5.75 Å². The van der Waals surface area contributed by atoms with Crippen LogP contribution in [0.2, 0.25) is 0 Å². The van der Waals surface area contributed by atoms with Crippen LogP contribution in [-0.2, 0) is 6.54 Å². The fraction of sp³-hybridized carbons (Fsp3) is 0.143. The highest BCUT2D eigenvalue weighted by Gasteiger charge is 2.07. The van der Waals surface area contributed by atoms with Crippen LogP contribution < -0.4 is 15.6 Å². The molecule has 2 rings (SSSR count). The molecule has 2 aromatic carbocycles. The second-order valence-corrected chi connectivity index (χ2v) is 4.25. The number of hydrazine groups is 1. The Labute approximate surface area is 128 Å². The number of nitrogens with zero attached hydrogens (tertiary/aromatic N) is 2. The molecule has 0 amide bonds. The molecular formula is C14H16ClN3O3. The van der Waals surface area contributed by atoms with Gasteiger partial charge in [-0.25, -0.2) is 5.84 Å². The van der Waals surface area contributed by atoms with Crippen molar-refractivity contribution in [1.29, 1.82) is 0 Å². The van der Waals surface area contributed by atoms with Crippen molar-refractivity contribution in [2.24, 2.45) is 5.84 Å². The summed E-state index contributed by atoms with van der Waals surface area (Å²) in [4.78, 5) is 10.2. The summed E-state index contributed by atoms with van der Waals surface area (Å²) >= 11 is 0. The number of hydrogen-bond acceptors (Lipinski definition) is 5. The first-order valence-electron chi connectivity index (χ1n) is 6.00. The van der Waals surface area contributed by atoms with Crippen molar-refractivity contribution in [2.45, 2.75) is 6.54 Å². The Balaban J connectivity index is 0.00000220. The summed E-state index contributed by atoms with van der Waals surface area (Å²) in [6.07, 6.45) is 0. The highest BCUT2D eigenvalue weighted by molar-refractivity contribution is 5.85. The smallest absolute Gasteiger partial charge is 0.269 e. The molecule has 0 fully saturated rings. The molecule has 6 nitrogen and oxygen atoms in total. The van der Waals surface area contributed by atoms with Gasteiger partial charge in [-0.2, -0.15) is 0 Å². The maximum atomic E-state index is 10.6. The standard InChI is InChI=1S/C14H15N3O3.ClH/c1-20-14-8-6-12(7-9-14)16(15)10-11-2-4-13(5-3-11)17(18)19;/h2-9H,10,15H2,1H3;1H. The summed E-state index contributed by atoms with van der Waals surface area (Å²) in [6.45, 7) is 0.463. The Kier molecular flexibility index (Phi) is 5.95. The lowest BCUT2D eigenvalue weighted by molar-refractivity contribution is -0.384. The molecule has 0 unspecified atom stereocenters. The Bertz CT molecular complexity index is 587. The molecule has 0 radical (unpaired) electrons. The minimum absolute atomic E-state index is 0. The van der Waals surface area contributed by atoms with E-state index in [4.69, 9.17) is 10.6 Å². The number of nitro groups is 1. The molecule has 0 atom stereocenters. The van der Waals surface area contributed by atoms with Gasteiger partial charge in [0.25, 0.3) is 5.69 Å². The lowest BCUT2D eigenvalue weighted by Gasteiger charge is -2.19. The Hall–Kier alpha value is -2.31. The molecule has 0 aliphatic heterocycles. The van der Waals surface area contributed by atoms with Crippen LogP contribution in [0.1, 0.15) is 5.56 Å². The number of rotatable bonds is 5. The molecule has 112 valence electrons. The van der Waals surface area contributed by atoms with Gasteiger partial charge in [0.05, 0.1) is 24.3 Å². The summed E-state index contributed by atoms with van der Waals surface area (Å²) in [5, 5.41) is 12.1. The van der Waals surface area contributed by atoms with Gasteiger partial charge in [0, 0.05) is 12.1 Å². The second kappa shape index (κ2) is 7.47. The van der Waals surface area contributed by atoms with E-state index >= 15 is 0 Å². The largest absolute Gasteiger partial charge is 0.497 e. The molecule has 0 spiro atoms. The third-order valence-corrected chi connectivity index (χ3v) is 2.90. The number of ether oxygens (including phenoxy) is 1. The average Bonchev–Trinajstić information content (AvgIpc) is 2.48. The van der Waals surface area contributed by atoms with E-state index in [1.54, 1.807) is 24.3 Å². The molecule has 0 aliphatic carbocycles. The fourth-order valence-electron chi connectivity index (χ4n) is 1.78. The van der Waals surface area contributed by atoms with Gasteiger partial charge in [-0.3, -0.25) is 10.1 Å². The first-order valence-corrected chi connectivity index (χ1v) is 6.00. The zero-order valence-electron chi connectivity index (χ0n) is 11.4. The number of non-ortho nitro benzene ring substituents is 1. The van der Waals surface area contributed by atoms with E-state index < -0.39 is 4.92 Å². The van der Waals surface area contributed by atoms with Crippen molar-refractivity contribution >= 4 is 23.8 Å². The number of hydrogen-bond donors (Lipinski definition) is 1. The molecule has 0 saturated carbocycles. The van der Waals surface area contributed by atoms with Crippen molar-refractivity contribution < 1.29 is 9.66 Å². The highest BCUT2D eigenvalue weighted by atomic mass is 35.5. The molecule has 0 aromatic heterocycles. The zero-order valence-corrected chi connectivity index (χ0v) is 12.2. The maximum Gasteiger partial charge on any atom is 0.269 e. The van der Waals surface area contributed by atoms with Crippen molar-refractivity contribution in [3.63, 3.8) is 0 Å².